The Morgan fingerprint density at radius 3 is 2.55 bits per heavy atom. The zero-order valence-corrected chi connectivity index (χ0v) is 16.7. The van der Waals surface area contributed by atoms with Crippen LogP contribution in [-0.2, 0) is 0 Å². The molecule has 0 bridgehead atoms. The first-order valence-corrected chi connectivity index (χ1v) is 9.29. The van der Waals surface area contributed by atoms with Crippen LogP contribution in [0.1, 0.15) is 12.5 Å². The third kappa shape index (κ3) is 6.29. The van der Waals surface area contributed by atoms with Crippen LogP contribution in [0.15, 0.2) is 48.5 Å². The summed E-state index contributed by atoms with van der Waals surface area (Å²) in [7, 11) is 0. The normalized spacial score (nSPS) is 12.4. The van der Waals surface area contributed by atoms with Crippen LogP contribution in [0.4, 0.5) is 35.0 Å². The van der Waals surface area contributed by atoms with Crippen LogP contribution in [0.3, 0.4) is 0 Å². The third-order valence-corrected chi connectivity index (χ3v) is 4.17. The highest BCUT2D eigenvalue weighted by Gasteiger charge is 2.31. The van der Waals surface area contributed by atoms with Crippen LogP contribution in [0.2, 0.25) is 0 Å². The molecule has 31 heavy (non-hydrogen) atoms. The minimum absolute atomic E-state index is 0.155. The number of benzene rings is 2. The first-order chi connectivity index (χ1) is 14.6. The lowest BCUT2D eigenvalue weighted by Gasteiger charge is -2.15. The van der Waals surface area contributed by atoms with E-state index >= 15 is 0 Å². The van der Waals surface area contributed by atoms with E-state index in [1.807, 2.05) is 0 Å². The number of halogens is 4. The Hall–Kier alpha value is -3.40. The van der Waals surface area contributed by atoms with Gasteiger partial charge in [-0.2, -0.15) is 4.98 Å². The van der Waals surface area contributed by atoms with Gasteiger partial charge >= 0.3 is 6.36 Å². The van der Waals surface area contributed by atoms with Gasteiger partial charge < -0.3 is 20.5 Å². The molecule has 0 unspecified atom stereocenters. The van der Waals surface area contributed by atoms with Crippen molar-refractivity contribution >= 4 is 17.5 Å². The summed E-state index contributed by atoms with van der Waals surface area (Å²) < 4.78 is 55.2. The van der Waals surface area contributed by atoms with Gasteiger partial charge in [0.15, 0.2) is 0 Å². The van der Waals surface area contributed by atoms with Gasteiger partial charge in [0.1, 0.15) is 17.4 Å². The number of nitrogens with one attached hydrogen (secondary N) is 2. The number of hydrogen-bond acceptors (Lipinski definition) is 6. The first-order valence-electron chi connectivity index (χ1n) is 9.29. The average molecular weight is 436 g/mol. The minimum Gasteiger partial charge on any atom is -0.406 e. The van der Waals surface area contributed by atoms with E-state index in [1.54, 1.807) is 32.0 Å². The summed E-state index contributed by atoms with van der Waals surface area (Å²) in [6.45, 7) is 3.15. The van der Waals surface area contributed by atoms with E-state index in [4.69, 9.17) is 0 Å². The van der Waals surface area contributed by atoms with Crippen molar-refractivity contribution in [1.82, 2.24) is 9.97 Å². The summed E-state index contributed by atoms with van der Waals surface area (Å²) in [5.41, 5.74) is 1.68. The van der Waals surface area contributed by atoms with Crippen LogP contribution in [-0.4, -0.2) is 34.1 Å². The number of aryl methyl sites for hydroxylation is 1. The van der Waals surface area contributed by atoms with Crippen LogP contribution < -0.4 is 15.4 Å². The molecule has 0 saturated heterocycles. The predicted molar refractivity (Wildman–Crippen MR) is 109 cm³/mol. The standard InChI is InChI=1S/C21H20F4N4O2/c1-12-8-15(6-7-17(12)22)27-19-10-18(28-20(29-19)26-13(2)11-30)14-4-3-5-16(9-14)31-21(23,24)25/h3-10,13,30H,11H2,1-2H3,(H2,26,27,28,29)/t13-/m1/s1. The van der Waals surface area contributed by atoms with Gasteiger partial charge in [-0.1, -0.05) is 12.1 Å². The number of aromatic nitrogens is 2. The van der Waals surface area contributed by atoms with E-state index < -0.39 is 6.36 Å². The number of rotatable bonds is 7. The average Bonchev–Trinajstić information content (AvgIpc) is 2.69. The molecule has 3 aromatic rings. The van der Waals surface area contributed by atoms with Crippen molar-refractivity contribution in [2.45, 2.75) is 26.3 Å². The fraction of sp³-hybridized carbons (Fsp3) is 0.238. The van der Waals surface area contributed by atoms with Gasteiger partial charge in [0.2, 0.25) is 5.95 Å². The highest BCUT2D eigenvalue weighted by atomic mass is 19.4. The Morgan fingerprint density at radius 1 is 1.10 bits per heavy atom. The molecule has 1 aromatic heterocycles. The zero-order chi connectivity index (χ0) is 22.6. The van der Waals surface area contributed by atoms with Crippen LogP contribution in [0.25, 0.3) is 11.3 Å². The summed E-state index contributed by atoms with van der Waals surface area (Å²) in [6, 6.07) is 11.0. The Balaban J connectivity index is 1.99. The molecular weight excluding hydrogens is 416 g/mol. The SMILES string of the molecule is Cc1cc(Nc2cc(-c3cccc(OC(F)(F)F)c3)nc(N[C@H](C)CO)n2)ccc1F. The van der Waals surface area contributed by atoms with Gasteiger partial charge in [-0.15, -0.1) is 13.2 Å². The maximum Gasteiger partial charge on any atom is 0.573 e. The second-order valence-corrected chi connectivity index (χ2v) is 6.85. The second kappa shape index (κ2) is 9.17. The molecular formula is C21H20F4N4O2. The highest BCUT2D eigenvalue weighted by Crippen LogP contribution is 2.29. The molecule has 0 amide bonds. The van der Waals surface area contributed by atoms with Gasteiger partial charge in [0, 0.05) is 23.4 Å². The maximum absolute atomic E-state index is 13.5. The van der Waals surface area contributed by atoms with Crippen molar-refractivity contribution < 1.29 is 27.4 Å². The molecule has 3 N–H and O–H groups in total. The van der Waals surface area contributed by atoms with Crippen LogP contribution in [0, 0.1) is 12.7 Å². The number of aliphatic hydroxyl groups excluding tert-OH is 1. The largest absolute Gasteiger partial charge is 0.573 e. The summed E-state index contributed by atoms with van der Waals surface area (Å²) in [5, 5.41) is 15.2. The summed E-state index contributed by atoms with van der Waals surface area (Å²) in [6.07, 6.45) is -4.82. The summed E-state index contributed by atoms with van der Waals surface area (Å²) >= 11 is 0. The Kier molecular flexibility index (Phi) is 6.59. The van der Waals surface area contributed by atoms with Crippen molar-refractivity contribution in [3.05, 3.63) is 59.9 Å². The highest BCUT2D eigenvalue weighted by molar-refractivity contribution is 5.68. The monoisotopic (exact) mass is 436 g/mol. The molecule has 10 heteroatoms. The van der Waals surface area contributed by atoms with Gasteiger partial charge in [0.25, 0.3) is 0 Å². The smallest absolute Gasteiger partial charge is 0.406 e. The van der Waals surface area contributed by atoms with Crippen molar-refractivity contribution in [3.8, 4) is 17.0 Å². The molecule has 2 aromatic carbocycles. The molecule has 1 atom stereocenters. The molecule has 3 rings (SSSR count). The quantitative estimate of drug-likeness (QED) is 0.451. The van der Waals surface area contributed by atoms with E-state index in [0.29, 0.717) is 28.3 Å². The Bertz CT molecular complexity index is 1060. The summed E-state index contributed by atoms with van der Waals surface area (Å²) in [5.74, 6) is -0.256. The number of hydrogen-bond donors (Lipinski definition) is 3. The van der Waals surface area contributed by atoms with E-state index in [9.17, 15) is 22.7 Å². The molecule has 6 nitrogen and oxygen atoms in total. The fourth-order valence-electron chi connectivity index (χ4n) is 2.71. The Morgan fingerprint density at radius 2 is 1.87 bits per heavy atom. The zero-order valence-electron chi connectivity index (χ0n) is 16.7. The fourth-order valence-corrected chi connectivity index (χ4v) is 2.71. The predicted octanol–water partition coefficient (Wildman–Crippen LogP) is 5.03. The number of anilines is 3. The van der Waals surface area contributed by atoms with E-state index in [2.05, 4.69) is 25.3 Å². The topological polar surface area (TPSA) is 79.3 Å². The molecule has 0 saturated carbocycles. The maximum atomic E-state index is 13.5. The van der Waals surface area contributed by atoms with E-state index in [1.165, 1.54) is 30.3 Å². The number of nitrogens with zero attached hydrogens (tertiary/aromatic N) is 2. The molecule has 0 aliphatic rings. The molecule has 1 heterocycles. The molecule has 0 spiro atoms. The van der Waals surface area contributed by atoms with Crippen molar-refractivity contribution in [1.29, 1.82) is 0 Å². The second-order valence-electron chi connectivity index (χ2n) is 6.85. The third-order valence-electron chi connectivity index (χ3n) is 4.17. The molecule has 0 radical (unpaired) electrons. The van der Waals surface area contributed by atoms with Crippen molar-refractivity contribution in [3.63, 3.8) is 0 Å². The number of ether oxygens (including phenoxy) is 1. The molecule has 0 fully saturated rings. The van der Waals surface area contributed by atoms with E-state index in [-0.39, 0.29) is 30.2 Å². The minimum atomic E-state index is -4.82. The van der Waals surface area contributed by atoms with E-state index in [0.717, 1.165) is 0 Å². The molecule has 164 valence electrons. The van der Waals surface area contributed by atoms with Crippen LogP contribution in [0.5, 0.6) is 5.75 Å². The molecule has 0 aliphatic carbocycles. The van der Waals surface area contributed by atoms with Crippen molar-refractivity contribution in [2.24, 2.45) is 0 Å². The number of aliphatic hydroxyl groups is 1. The summed E-state index contributed by atoms with van der Waals surface area (Å²) in [4.78, 5) is 8.66. The van der Waals surface area contributed by atoms with Gasteiger partial charge in [-0.3, -0.25) is 0 Å². The van der Waals surface area contributed by atoms with Crippen molar-refractivity contribution in [2.75, 3.05) is 17.2 Å². The lowest BCUT2D eigenvalue weighted by atomic mass is 10.1. The van der Waals surface area contributed by atoms with Gasteiger partial charge in [-0.25, -0.2) is 9.37 Å². The number of alkyl halides is 3. The van der Waals surface area contributed by atoms with Gasteiger partial charge in [0.05, 0.1) is 12.3 Å². The molecule has 0 aliphatic heterocycles. The van der Waals surface area contributed by atoms with Gasteiger partial charge in [-0.05, 0) is 49.7 Å². The Labute approximate surface area is 175 Å². The van der Waals surface area contributed by atoms with Crippen LogP contribution >= 0.6 is 0 Å². The lowest BCUT2D eigenvalue weighted by Crippen LogP contribution is -2.21. The first kappa shape index (κ1) is 22.3. The lowest BCUT2D eigenvalue weighted by molar-refractivity contribution is -0.274.